The van der Waals surface area contributed by atoms with Crippen molar-refractivity contribution in [1.29, 1.82) is 0 Å². The fraction of sp³-hybridized carbons (Fsp3) is 0.393. The van der Waals surface area contributed by atoms with E-state index in [-0.39, 0.29) is 42.8 Å². The van der Waals surface area contributed by atoms with Gasteiger partial charge < -0.3 is 28.6 Å². The number of nitrogens with zero attached hydrogens (tertiary/aromatic N) is 2. The second-order valence-electron chi connectivity index (χ2n) is 8.88. The molecule has 2 heterocycles. The predicted octanol–water partition coefficient (Wildman–Crippen LogP) is 3.71. The lowest BCUT2D eigenvalue weighted by Crippen LogP contribution is -2.56. The maximum Gasteiger partial charge on any atom is 0.416 e. The maximum absolute atomic E-state index is 14.0. The number of ether oxygens (including phenoxy) is 5. The summed E-state index contributed by atoms with van der Waals surface area (Å²) < 4.78 is 27.5. The van der Waals surface area contributed by atoms with E-state index in [0.29, 0.717) is 30.9 Å². The minimum absolute atomic E-state index is 0.0146. The van der Waals surface area contributed by atoms with Gasteiger partial charge in [-0.05, 0) is 30.0 Å². The summed E-state index contributed by atoms with van der Waals surface area (Å²) in [6, 6.07) is 10.6. The van der Waals surface area contributed by atoms with Crippen LogP contribution in [0.2, 0.25) is 0 Å². The van der Waals surface area contributed by atoms with E-state index in [4.69, 9.17) is 18.9 Å². The van der Waals surface area contributed by atoms with Crippen molar-refractivity contribution in [2.75, 3.05) is 39.4 Å². The molecule has 0 aromatic heterocycles. The van der Waals surface area contributed by atoms with Crippen molar-refractivity contribution >= 4 is 23.7 Å². The minimum Gasteiger partial charge on any atom is -0.493 e. The molecule has 2 aromatic carbocycles. The molecular formula is C28H32N2O8. The number of methoxy groups -OCH3 is 3. The van der Waals surface area contributed by atoms with Gasteiger partial charge >= 0.3 is 12.1 Å². The first-order valence-corrected chi connectivity index (χ1v) is 12.3. The van der Waals surface area contributed by atoms with Gasteiger partial charge in [0.05, 0.1) is 38.1 Å². The van der Waals surface area contributed by atoms with Gasteiger partial charge in [-0.25, -0.2) is 9.69 Å². The molecule has 0 radical (unpaired) electrons. The first kappa shape index (κ1) is 27.0. The Labute approximate surface area is 221 Å². The van der Waals surface area contributed by atoms with Crippen LogP contribution in [-0.2, 0) is 32.0 Å². The molecule has 0 N–H and O–H groups in total. The average molecular weight is 525 g/mol. The number of carbonyl (C=O) groups is 3. The largest absolute Gasteiger partial charge is 0.493 e. The van der Waals surface area contributed by atoms with Gasteiger partial charge in [0, 0.05) is 26.1 Å². The molecule has 0 saturated carbocycles. The summed E-state index contributed by atoms with van der Waals surface area (Å²) in [6.45, 7) is 4.16. The summed E-state index contributed by atoms with van der Waals surface area (Å²) in [6.07, 6.45) is 1.03. The first-order valence-electron chi connectivity index (χ1n) is 12.3. The van der Waals surface area contributed by atoms with E-state index in [9.17, 15) is 14.4 Å². The van der Waals surface area contributed by atoms with Gasteiger partial charge in [0.25, 0.3) is 5.91 Å². The molecule has 38 heavy (non-hydrogen) atoms. The molecule has 0 fully saturated rings. The summed E-state index contributed by atoms with van der Waals surface area (Å²) in [5, 5.41) is 0. The van der Waals surface area contributed by atoms with Crippen LogP contribution in [-0.4, -0.2) is 69.7 Å². The molecule has 2 aromatic rings. The number of carbonyl (C=O) groups excluding carboxylic acids is 3. The van der Waals surface area contributed by atoms with Crippen LogP contribution < -0.4 is 14.4 Å². The summed E-state index contributed by atoms with van der Waals surface area (Å²) >= 11 is 0. The molecular weight excluding hydrogens is 492 g/mol. The number of hydrogen-bond donors (Lipinski definition) is 0. The van der Waals surface area contributed by atoms with Crippen LogP contribution >= 0.6 is 0 Å². The Kier molecular flexibility index (Phi) is 8.52. The summed E-state index contributed by atoms with van der Waals surface area (Å²) in [5.74, 6) is 0.0174. The van der Waals surface area contributed by atoms with Crippen molar-refractivity contribution in [1.82, 2.24) is 4.90 Å². The highest BCUT2D eigenvalue weighted by molar-refractivity contribution is 6.06. The molecule has 10 heteroatoms. The van der Waals surface area contributed by atoms with Crippen molar-refractivity contribution in [2.24, 2.45) is 0 Å². The Morgan fingerprint density at radius 1 is 1.11 bits per heavy atom. The van der Waals surface area contributed by atoms with Gasteiger partial charge in [0.15, 0.2) is 17.7 Å². The highest BCUT2D eigenvalue weighted by Gasteiger charge is 2.46. The monoisotopic (exact) mass is 524 g/mol. The van der Waals surface area contributed by atoms with Crippen LogP contribution in [0.4, 0.5) is 10.5 Å². The highest BCUT2D eigenvalue weighted by atomic mass is 16.6. The Morgan fingerprint density at radius 3 is 2.55 bits per heavy atom. The fourth-order valence-corrected chi connectivity index (χ4v) is 4.85. The van der Waals surface area contributed by atoms with Gasteiger partial charge in [0.1, 0.15) is 6.61 Å². The van der Waals surface area contributed by atoms with E-state index >= 15 is 0 Å². The standard InChI is InChI=1S/C28H32N2O8/c1-5-12-38-28(33)30-21-16-24(37-13-8-11-25(31)35-3)23(34-2)15-20(21)26(32)29-17-19-10-7-6-9-18(19)14-22(29)27(30)36-4/h5-7,9-10,15-16,22,27H,1,8,11-14,17H2,2-4H3/t22-,27?/m0/s1. The third kappa shape index (κ3) is 5.31. The molecule has 0 saturated heterocycles. The van der Waals surface area contributed by atoms with Crippen molar-refractivity contribution in [3.05, 3.63) is 65.7 Å². The summed E-state index contributed by atoms with van der Waals surface area (Å²) in [5.41, 5.74) is 2.65. The van der Waals surface area contributed by atoms with E-state index in [1.54, 1.807) is 17.0 Å². The third-order valence-corrected chi connectivity index (χ3v) is 6.68. The minimum atomic E-state index is -0.841. The van der Waals surface area contributed by atoms with Crippen LogP contribution in [0, 0.1) is 0 Å². The number of fused-ring (bicyclic) bond motifs is 3. The van der Waals surface area contributed by atoms with Crippen LogP contribution in [0.25, 0.3) is 0 Å². The second kappa shape index (κ2) is 12.0. The second-order valence-corrected chi connectivity index (χ2v) is 8.88. The Bertz CT molecular complexity index is 1210. The highest BCUT2D eigenvalue weighted by Crippen LogP contribution is 2.42. The smallest absolute Gasteiger partial charge is 0.416 e. The lowest BCUT2D eigenvalue weighted by Gasteiger charge is -2.41. The zero-order valence-corrected chi connectivity index (χ0v) is 21.8. The molecule has 4 rings (SSSR count). The molecule has 202 valence electrons. The number of hydrogen-bond acceptors (Lipinski definition) is 8. The van der Waals surface area contributed by atoms with Gasteiger partial charge in [0.2, 0.25) is 0 Å². The molecule has 1 unspecified atom stereocenters. The van der Waals surface area contributed by atoms with E-state index < -0.39 is 18.4 Å². The molecule has 2 amide bonds. The topological polar surface area (TPSA) is 104 Å². The van der Waals surface area contributed by atoms with Crippen LogP contribution in [0.3, 0.4) is 0 Å². The van der Waals surface area contributed by atoms with Crippen molar-refractivity contribution in [2.45, 2.75) is 38.1 Å². The molecule has 0 spiro atoms. The van der Waals surface area contributed by atoms with Crippen molar-refractivity contribution in [3.8, 4) is 11.5 Å². The van der Waals surface area contributed by atoms with E-state index in [1.807, 2.05) is 24.3 Å². The molecule has 10 nitrogen and oxygen atoms in total. The van der Waals surface area contributed by atoms with E-state index in [1.165, 1.54) is 32.3 Å². The lowest BCUT2D eigenvalue weighted by molar-refractivity contribution is -0.140. The van der Waals surface area contributed by atoms with Crippen LogP contribution in [0.1, 0.15) is 34.3 Å². The average Bonchev–Trinajstić information content (AvgIpc) is 3.04. The van der Waals surface area contributed by atoms with E-state index in [2.05, 4.69) is 11.3 Å². The molecule has 2 aliphatic heterocycles. The van der Waals surface area contributed by atoms with Gasteiger partial charge in [-0.15, -0.1) is 0 Å². The Balaban J connectivity index is 1.78. The van der Waals surface area contributed by atoms with Crippen LogP contribution in [0.5, 0.6) is 11.5 Å². The number of rotatable bonds is 9. The van der Waals surface area contributed by atoms with Gasteiger partial charge in [-0.3, -0.25) is 9.59 Å². The zero-order chi connectivity index (χ0) is 27.2. The fourth-order valence-electron chi connectivity index (χ4n) is 4.85. The number of anilines is 1. The van der Waals surface area contributed by atoms with Crippen molar-refractivity contribution < 1.29 is 38.1 Å². The molecule has 0 bridgehead atoms. The summed E-state index contributed by atoms with van der Waals surface area (Å²) in [7, 11) is 4.30. The van der Waals surface area contributed by atoms with Crippen molar-refractivity contribution in [3.63, 3.8) is 0 Å². The van der Waals surface area contributed by atoms with E-state index in [0.717, 1.165) is 11.1 Å². The molecule has 0 aliphatic carbocycles. The van der Waals surface area contributed by atoms with Crippen LogP contribution in [0.15, 0.2) is 49.1 Å². The SMILES string of the molecule is C=CCOC(=O)N1c2cc(OCCCC(=O)OC)c(OC)cc2C(=O)N2Cc3ccccc3C[C@H]2C1OC. The van der Waals surface area contributed by atoms with Gasteiger partial charge in [-0.2, -0.15) is 0 Å². The summed E-state index contributed by atoms with van der Waals surface area (Å²) in [4.78, 5) is 42.0. The zero-order valence-electron chi connectivity index (χ0n) is 21.8. The normalized spacial score (nSPS) is 17.9. The number of benzene rings is 2. The number of esters is 1. The third-order valence-electron chi connectivity index (χ3n) is 6.68. The molecule has 2 aliphatic rings. The number of amides is 2. The molecule has 2 atom stereocenters. The van der Waals surface area contributed by atoms with Gasteiger partial charge in [-0.1, -0.05) is 36.9 Å². The quantitative estimate of drug-likeness (QED) is 0.278. The Morgan fingerprint density at radius 2 is 1.87 bits per heavy atom. The first-order chi connectivity index (χ1) is 18.4. The predicted molar refractivity (Wildman–Crippen MR) is 138 cm³/mol. The lowest BCUT2D eigenvalue weighted by atomic mass is 9.92. The Hall–Kier alpha value is -4.05. The maximum atomic E-state index is 14.0.